The molecule has 0 spiro atoms. The summed E-state index contributed by atoms with van der Waals surface area (Å²) in [5, 5.41) is 7.28. The van der Waals surface area contributed by atoms with E-state index in [0.29, 0.717) is 15.3 Å². The van der Waals surface area contributed by atoms with E-state index in [4.69, 9.17) is 5.73 Å². The van der Waals surface area contributed by atoms with E-state index in [1.165, 1.54) is 0 Å². The number of nitrogen functional groups attached to an aromatic ring is 1. The van der Waals surface area contributed by atoms with Crippen LogP contribution in [0.15, 0.2) is 6.20 Å². The van der Waals surface area contributed by atoms with Gasteiger partial charge in [0.25, 0.3) is 0 Å². The Balaban J connectivity index is 2.91. The summed E-state index contributed by atoms with van der Waals surface area (Å²) in [4.78, 5) is 8.04. The van der Waals surface area contributed by atoms with Gasteiger partial charge in [-0.1, -0.05) is 0 Å². The summed E-state index contributed by atoms with van der Waals surface area (Å²) in [5.41, 5.74) is 6.27. The second-order valence-electron chi connectivity index (χ2n) is 2.01. The van der Waals surface area contributed by atoms with Crippen LogP contribution in [0.5, 0.6) is 0 Å². The summed E-state index contributed by atoms with van der Waals surface area (Å²) in [5.74, 6) is 0.466. The minimum atomic E-state index is 0.466. The van der Waals surface area contributed by atoms with Gasteiger partial charge in [0.2, 0.25) is 0 Å². The van der Waals surface area contributed by atoms with E-state index in [9.17, 15) is 0 Å². The summed E-state index contributed by atoms with van der Waals surface area (Å²) in [6.45, 7) is 0. The predicted molar refractivity (Wildman–Crippen MR) is 48.8 cm³/mol. The molecule has 0 radical (unpaired) electrons. The highest BCUT2D eigenvalue weighted by atomic mass is 127. The molecule has 0 unspecified atom stereocenters. The Hall–Kier alpha value is -0.920. The number of nitrogens with one attached hydrogen (secondary N) is 1. The first kappa shape index (κ1) is 6.77. The van der Waals surface area contributed by atoms with Gasteiger partial charge in [0.05, 0.1) is 11.6 Å². The molecule has 0 aliphatic carbocycles. The molecule has 0 bridgehead atoms. The molecule has 0 amide bonds. The first-order chi connectivity index (χ1) is 5.27. The molecule has 2 heterocycles. The number of fused-ring (bicyclic) bond motifs is 1. The number of nitrogens with two attached hydrogens (primary N) is 1. The number of aromatic amines is 1. The van der Waals surface area contributed by atoms with Crippen LogP contribution in [-0.4, -0.2) is 20.2 Å². The Kier molecular flexibility index (Phi) is 1.41. The van der Waals surface area contributed by atoms with Crippen LogP contribution in [0.4, 0.5) is 5.82 Å². The normalized spacial score (nSPS) is 10.6. The lowest BCUT2D eigenvalue weighted by molar-refractivity contribution is 1.07. The smallest absolute Gasteiger partial charge is 0.194 e. The van der Waals surface area contributed by atoms with Gasteiger partial charge in [0, 0.05) is 22.6 Å². The molecule has 3 N–H and O–H groups in total. The zero-order chi connectivity index (χ0) is 7.84. The van der Waals surface area contributed by atoms with Crippen LogP contribution in [-0.2, 0) is 0 Å². The van der Waals surface area contributed by atoms with Crippen molar-refractivity contribution in [2.24, 2.45) is 0 Å². The van der Waals surface area contributed by atoms with Crippen molar-refractivity contribution >= 4 is 39.4 Å². The molecule has 0 saturated carbocycles. The van der Waals surface area contributed by atoms with Crippen molar-refractivity contribution < 1.29 is 0 Å². The standard InChI is InChI=1S/C5H4IN5/c6-5-9-3(7)2-1-8-11-4(2)10-5/h1H,(H3,7,8,9,10,11). The van der Waals surface area contributed by atoms with Gasteiger partial charge in [-0.25, -0.2) is 9.97 Å². The van der Waals surface area contributed by atoms with Crippen molar-refractivity contribution in [3.05, 3.63) is 10.0 Å². The van der Waals surface area contributed by atoms with Crippen LogP contribution in [0.1, 0.15) is 0 Å². The average molecular weight is 261 g/mol. The van der Waals surface area contributed by atoms with E-state index in [-0.39, 0.29) is 0 Å². The number of halogens is 1. The quantitative estimate of drug-likeness (QED) is 0.535. The summed E-state index contributed by atoms with van der Waals surface area (Å²) < 4.78 is 0.622. The van der Waals surface area contributed by atoms with E-state index in [1.54, 1.807) is 6.20 Å². The van der Waals surface area contributed by atoms with E-state index in [0.717, 1.165) is 5.39 Å². The molecule has 2 aromatic rings. The zero-order valence-corrected chi connectivity index (χ0v) is 7.53. The number of hydrogen-bond donors (Lipinski definition) is 2. The monoisotopic (exact) mass is 261 g/mol. The van der Waals surface area contributed by atoms with Crippen molar-refractivity contribution in [2.75, 3.05) is 5.73 Å². The highest BCUT2D eigenvalue weighted by Gasteiger charge is 2.03. The molecule has 5 nitrogen and oxygen atoms in total. The van der Waals surface area contributed by atoms with Crippen molar-refractivity contribution in [3.8, 4) is 0 Å². The van der Waals surface area contributed by atoms with Gasteiger partial charge in [-0.05, 0) is 0 Å². The van der Waals surface area contributed by atoms with Crippen molar-refractivity contribution in [2.45, 2.75) is 0 Å². The molecule has 11 heavy (non-hydrogen) atoms. The van der Waals surface area contributed by atoms with Crippen LogP contribution in [0, 0.1) is 3.83 Å². The molecule has 0 aliphatic heterocycles. The maximum atomic E-state index is 5.59. The molecule has 0 aliphatic rings. The second-order valence-corrected chi connectivity index (χ2v) is 2.98. The maximum absolute atomic E-state index is 5.59. The van der Waals surface area contributed by atoms with Gasteiger partial charge in [0.1, 0.15) is 5.82 Å². The number of hydrogen-bond acceptors (Lipinski definition) is 4. The number of H-pyrrole nitrogens is 1. The SMILES string of the molecule is Nc1nc(I)nc2[nH]ncc12. The molecule has 6 heteroatoms. The van der Waals surface area contributed by atoms with Crippen molar-refractivity contribution in [3.63, 3.8) is 0 Å². The Morgan fingerprint density at radius 3 is 3.09 bits per heavy atom. The minimum Gasteiger partial charge on any atom is -0.383 e. The zero-order valence-electron chi connectivity index (χ0n) is 5.37. The number of anilines is 1. The van der Waals surface area contributed by atoms with E-state index in [1.807, 2.05) is 22.6 Å². The van der Waals surface area contributed by atoms with Gasteiger partial charge in [-0.3, -0.25) is 5.10 Å². The number of aromatic nitrogens is 4. The Bertz CT molecular complexity index is 395. The third-order valence-corrected chi connectivity index (χ3v) is 1.79. The molecule has 2 aromatic heterocycles. The summed E-state index contributed by atoms with van der Waals surface area (Å²) in [6.07, 6.45) is 1.61. The first-order valence-corrected chi connectivity index (χ1v) is 3.97. The molecule has 0 atom stereocenters. The summed E-state index contributed by atoms with van der Waals surface area (Å²) in [7, 11) is 0. The number of rotatable bonds is 0. The Labute approximate surface area is 75.6 Å². The van der Waals surface area contributed by atoms with E-state index < -0.39 is 0 Å². The van der Waals surface area contributed by atoms with Crippen LogP contribution in [0.25, 0.3) is 11.0 Å². The molecule has 56 valence electrons. The molecule has 0 aromatic carbocycles. The molecular weight excluding hydrogens is 257 g/mol. The largest absolute Gasteiger partial charge is 0.383 e. The Morgan fingerprint density at radius 2 is 2.27 bits per heavy atom. The second kappa shape index (κ2) is 2.29. The fraction of sp³-hybridized carbons (Fsp3) is 0. The lowest BCUT2D eigenvalue weighted by atomic mass is 10.4. The summed E-state index contributed by atoms with van der Waals surface area (Å²) >= 11 is 2.00. The van der Waals surface area contributed by atoms with Crippen LogP contribution < -0.4 is 5.73 Å². The van der Waals surface area contributed by atoms with Gasteiger partial charge >= 0.3 is 0 Å². The fourth-order valence-corrected chi connectivity index (χ4v) is 1.33. The highest BCUT2D eigenvalue weighted by Crippen LogP contribution is 2.14. The third kappa shape index (κ3) is 1.02. The van der Waals surface area contributed by atoms with Crippen molar-refractivity contribution in [1.29, 1.82) is 0 Å². The van der Waals surface area contributed by atoms with E-state index >= 15 is 0 Å². The third-order valence-electron chi connectivity index (χ3n) is 1.31. The van der Waals surface area contributed by atoms with Crippen LogP contribution >= 0.6 is 22.6 Å². The molecule has 0 fully saturated rings. The molecule has 2 rings (SSSR count). The highest BCUT2D eigenvalue weighted by molar-refractivity contribution is 14.1. The maximum Gasteiger partial charge on any atom is 0.194 e. The lowest BCUT2D eigenvalue weighted by Crippen LogP contribution is -1.95. The van der Waals surface area contributed by atoms with E-state index in [2.05, 4.69) is 20.2 Å². The summed E-state index contributed by atoms with van der Waals surface area (Å²) in [6, 6.07) is 0. The van der Waals surface area contributed by atoms with Crippen LogP contribution in [0.3, 0.4) is 0 Å². The van der Waals surface area contributed by atoms with Gasteiger partial charge in [0.15, 0.2) is 9.48 Å². The minimum absolute atomic E-state index is 0.466. The lowest BCUT2D eigenvalue weighted by Gasteiger charge is -1.93. The Morgan fingerprint density at radius 1 is 1.45 bits per heavy atom. The topological polar surface area (TPSA) is 80.5 Å². The van der Waals surface area contributed by atoms with Gasteiger partial charge in [-0.2, -0.15) is 5.10 Å². The van der Waals surface area contributed by atoms with Crippen LogP contribution in [0.2, 0.25) is 0 Å². The molecule has 0 saturated heterocycles. The van der Waals surface area contributed by atoms with Gasteiger partial charge in [-0.15, -0.1) is 0 Å². The number of nitrogens with zero attached hydrogens (tertiary/aromatic N) is 3. The van der Waals surface area contributed by atoms with Crippen molar-refractivity contribution in [1.82, 2.24) is 20.2 Å². The fourth-order valence-electron chi connectivity index (χ4n) is 0.829. The van der Waals surface area contributed by atoms with Gasteiger partial charge < -0.3 is 5.73 Å². The first-order valence-electron chi connectivity index (χ1n) is 2.89. The predicted octanol–water partition coefficient (Wildman–Crippen LogP) is 0.540. The molecular formula is C5H4IN5. The average Bonchev–Trinajstić information content (AvgIpc) is 2.34.